The maximum Gasteiger partial charge on any atom is 0.406 e. The molecule has 0 aromatic heterocycles. The highest BCUT2D eigenvalue weighted by Gasteiger charge is 2.63. The highest BCUT2D eigenvalue weighted by atomic mass is 19.4. The number of nitrogens with one attached hydrogen (secondary N) is 1. The molecule has 1 aliphatic rings. The van der Waals surface area contributed by atoms with Crippen molar-refractivity contribution in [3.63, 3.8) is 0 Å². The maximum absolute atomic E-state index is 12.4. The summed E-state index contributed by atoms with van der Waals surface area (Å²) in [4.78, 5) is 0. The van der Waals surface area contributed by atoms with E-state index in [0.29, 0.717) is 0 Å². The van der Waals surface area contributed by atoms with Crippen LogP contribution in [-0.2, 0) is 0 Å². The number of rotatable bonds is 3. The first-order valence-electron chi connectivity index (χ1n) is 4.31. The lowest BCUT2D eigenvalue weighted by Gasteiger charge is -2.26. The van der Waals surface area contributed by atoms with Gasteiger partial charge in [0.05, 0.1) is 6.10 Å². The van der Waals surface area contributed by atoms with Gasteiger partial charge in [-0.2, -0.15) is 13.2 Å². The fourth-order valence-corrected chi connectivity index (χ4v) is 1.19. The molecule has 0 aromatic carbocycles. The molecule has 2 unspecified atom stereocenters. The smallest absolute Gasteiger partial charge is 0.392 e. The van der Waals surface area contributed by atoms with Gasteiger partial charge in [-0.1, -0.05) is 0 Å². The zero-order valence-electron chi connectivity index (χ0n) is 7.65. The van der Waals surface area contributed by atoms with Crippen molar-refractivity contribution in [1.29, 1.82) is 0 Å². The molecule has 1 rings (SSSR count). The summed E-state index contributed by atoms with van der Waals surface area (Å²) in [6.07, 6.45) is -4.73. The summed E-state index contributed by atoms with van der Waals surface area (Å²) in [6, 6.07) is -0.524. The quantitative estimate of drug-likeness (QED) is 0.717. The van der Waals surface area contributed by atoms with Crippen LogP contribution in [0.2, 0.25) is 0 Å². The molecule has 0 bridgehead atoms. The molecule has 1 fully saturated rings. The van der Waals surface area contributed by atoms with Crippen molar-refractivity contribution in [2.24, 2.45) is 0 Å². The summed E-state index contributed by atoms with van der Waals surface area (Å²) in [6.45, 7) is 3.03. The van der Waals surface area contributed by atoms with E-state index in [1.165, 1.54) is 6.92 Å². The van der Waals surface area contributed by atoms with E-state index in [9.17, 15) is 13.2 Å². The minimum absolute atomic E-state index is 0.119. The van der Waals surface area contributed by atoms with E-state index in [0.717, 1.165) is 0 Å². The van der Waals surface area contributed by atoms with Gasteiger partial charge in [0, 0.05) is 6.04 Å². The molecule has 0 heterocycles. The molecule has 0 spiro atoms. The predicted octanol–water partition coefficient (Wildman–Crippen LogP) is 1.44. The number of hydrogen-bond acceptors (Lipinski definition) is 2. The van der Waals surface area contributed by atoms with Crippen LogP contribution in [-0.4, -0.2) is 29.0 Å². The van der Waals surface area contributed by atoms with Gasteiger partial charge in [-0.05, 0) is 26.7 Å². The Labute approximate surface area is 75.1 Å². The first-order chi connectivity index (χ1) is 5.78. The van der Waals surface area contributed by atoms with Crippen LogP contribution in [0, 0.1) is 0 Å². The topological polar surface area (TPSA) is 32.3 Å². The molecular formula is C8H14F3NO. The van der Waals surface area contributed by atoms with Crippen molar-refractivity contribution in [3.8, 4) is 0 Å². The van der Waals surface area contributed by atoms with Crippen molar-refractivity contribution < 1.29 is 18.3 Å². The fourth-order valence-electron chi connectivity index (χ4n) is 1.19. The van der Waals surface area contributed by atoms with E-state index in [4.69, 9.17) is 5.11 Å². The number of aliphatic hydroxyl groups is 1. The van der Waals surface area contributed by atoms with E-state index in [1.54, 1.807) is 6.92 Å². The second kappa shape index (κ2) is 3.13. The van der Waals surface area contributed by atoms with Crippen LogP contribution in [0.5, 0.6) is 0 Å². The first-order valence-corrected chi connectivity index (χ1v) is 4.31. The lowest BCUT2D eigenvalue weighted by molar-refractivity contribution is -0.169. The minimum atomic E-state index is -4.20. The lowest BCUT2D eigenvalue weighted by atomic mass is 10.1. The fraction of sp³-hybridized carbons (Fsp3) is 1.00. The van der Waals surface area contributed by atoms with Crippen molar-refractivity contribution >= 4 is 0 Å². The van der Waals surface area contributed by atoms with E-state index in [-0.39, 0.29) is 12.8 Å². The van der Waals surface area contributed by atoms with Crippen LogP contribution in [0.1, 0.15) is 26.7 Å². The standard InChI is InChI=1S/C8H14F3NO/c1-5(6(2)13)12-7(3-4-7)8(9,10)11/h5-6,12-13H,3-4H2,1-2H3. The largest absolute Gasteiger partial charge is 0.406 e. The summed E-state index contributed by atoms with van der Waals surface area (Å²) >= 11 is 0. The second-order valence-corrected chi connectivity index (χ2v) is 3.75. The Morgan fingerprint density at radius 3 is 2.00 bits per heavy atom. The normalized spacial score (nSPS) is 25.4. The van der Waals surface area contributed by atoms with Gasteiger partial charge in [0.1, 0.15) is 5.54 Å². The predicted molar refractivity (Wildman–Crippen MR) is 42.3 cm³/mol. The monoisotopic (exact) mass is 197 g/mol. The molecule has 13 heavy (non-hydrogen) atoms. The molecule has 2 atom stereocenters. The molecule has 0 amide bonds. The summed E-state index contributed by atoms with van der Waals surface area (Å²) in [5, 5.41) is 11.5. The Kier molecular flexibility index (Phi) is 2.60. The average Bonchev–Trinajstić information content (AvgIpc) is 2.66. The SMILES string of the molecule is CC(O)C(C)NC1(C(F)(F)F)CC1. The molecule has 5 heteroatoms. The Morgan fingerprint density at radius 1 is 1.31 bits per heavy atom. The molecule has 2 N–H and O–H groups in total. The molecule has 78 valence electrons. The summed E-state index contributed by atoms with van der Waals surface area (Å²) in [5.74, 6) is 0. The van der Waals surface area contributed by atoms with Crippen LogP contribution in [0.15, 0.2) is 0 Å². The van der Waals surface area contributed by atoms with Crippen LogP contribution in [0.25, 0.3) is 0 Å². The summed E-state index contributed by atoms with van der Waals surface area (Å²) < 4.78 is 37.1. The van der Waals surface area contributed by atoms with Gasteiger partial charge in [0.15, 0.2) is 0 Å². The number of aliphatic hydroxyl groups excluding tert-OH is 1. The number of alkyl halides is 3. The Bertz CT molecular complexity index is 186. The molecular weight excluding hydrogens is 183 g/mol. The second-order valence-electron chi connectivity index (χ2n) is 3.75. The first kappa shape index (κ1) is 10.8. The Morgan fingerprint density at radius 2 is 1.77 bits per heavy atom. The van der Waals surface area contributed by atoms with E-state index in [1.807, 2.05) is 0 Å². The third-order valence-electron chi connectivity index (χ3n) is 2.52. The average molecular weight is 197 g/mol. The maximum atomic E-state index is 12.4. The van der Waals surface area contributed by atoms with Crippen LogP contribution < -0.4 is 5.32 Å². The third-order valence-corrected chi connectivity index (χ3v) is 2.52. The van der Waals surface area contributed by atoms with Crippen molar-refractivity contribution in [2.45, 2.75) is 50.6 Å². The van der Waals surface area contributed by atoms with Crippen molar-refractivity contribution in [3.05, 3.63) is 0 Å². The summed E-state index contributed by atoms with van der Waals surface area (Å²) in [5.41, 5.74) is -1.72. The molecule has 0 saturated heterocycles. The minimum Gasteiger partial charge on any atom is -0.392 e. The molecule has 0 aromatic rings. The van der Waals surface area contributed by atoms with Gasteiger partial charge in [0.2, 0.25) is 0 Å². The van der Waals surface area contributed by atoms with E-state index in [2.05, 4.69) is 5.32 Å². The van der Waals surface area contributed by atoms with Crippen molar-refractivity contribution in [2.75, 3.05) is 0 Å². The van der Waals surface area contributed by atoms with Gasteiger partial charge >= 0.3 is 6.18 Å². The van der Waals surface area contributed by atoms with Crippen LogP contribution in [0.4, 0.5) is 13.2 Å². The highest BCUT2D eigenvalue weighted by Crippen LogP contribution is 2.49. The van der Waals surface area contributed by atoms with E-state index >= 15 is 0 Å². The van der Waals surface area contributed by atoms with Crippen molar-refractivity contribution in [1.82, 2.24) is 5.32 Å². The van der Waals surface area contributed by atoms with Crippen LogP contribution >= 0.6 is 0 Å². The summed E-state index contributed by atoms with van der Waals surface area (Å²) in [7, 11) is 0. The van der Waals surface area contributed by atoms with Gasteiger partial charge < -0.3 is 5.11 Å². The molecule has 0 aliphatic heterocycles. The van der Waals surface area contributed by atoms with Crippen LogP contribution in [0.3, 0.4) is 0 Å². The van der Waals surface area contributed by atoms with Gasteiger partial charge in [-0.15, -0.1) is 0 Å². The molecule has 2 nitrogen and oxygen atoms in total. The zero-order chi connectivity index (χ0) is 10.3. The van der Waals surface area contributed by atoms with E-state index < -0.39 is 23.9 Å². The lowest BCUT2D eigenvalue weighted by Crippen LogP contribution is -2.51. The molecule has 1 saturated carbocycles. The third kappa shape index (κ3) is 2.14. The number of halogens is 3. The zero-order valence-corrected chi connectivity index (χ0v) is 7.65. The molecule has 1 aliphatic carbocycles. The van der Waals surface area contributed by atoms with Gasteiger partial charge in [-0.3, -0.25) is 5.32 Å². The highest BCUT2D eigenvalue weighted by molar-refractivity contribution is 5.09. The Hall–Kier alpha value is -0.290. The Balaban J connectivity index is 2.54. The molecule has 0 radical (unpaired) electrons. The van der Waals surface area contributed by atoms with Gasteiger partial charge in [-0.25, -0.2) is 0 Å². The van der Waals surface area contributed by atoms with Gasteiger partial charge in [0.25, 0.3) is 0 Å². The number of hydrogen-bond donors (Lipinski definition) is 2.